The molecule has 0 aromatic carbocycles. The maximum Gasteiger partial charge on any atom is 0.111 e. The largest absolute Gasteiger partial charge is 0.390 e. The van der Waals surface area contributed by atoms with Crippen LogP contribution in [0, 0.1) is 5.92 Å². The fraction of sp³-hybridized carbons (Fsp3) is 0.805. The summed E-state index contributed by atoms with van der Waals surface area (Å²) in [6.07, 6.45) is 16.4. The lowest BCUT2D eigenvalue weighted by molar-refractivity contribution is -0.273. The number of fused-ring (bicyclic) bond motifs is 4. The van der Waals surface area contributed by atoms with Gasteiger partial charge in [-0.25, -0.2) is 0 Å². The van der Waals surface area contributed by atoms with Crippen LogP contribution in [0.25, 0.3) is 0 Å². The molecule has 8 heteroatoms. The van der Waals surface area contributed by atoms with Crippen molar-refractivity contribution in [2.75, 3.05) is 7.11 Å². The third kappa shape index (κ3) is 9.00. The van der Waals surface area contributed by atoms with Gasteiger partial charge in [-0.15, -0.1) is 0 Å². The lowest BCUT2D eigenvalue weighted by atomic mass is 9.79. The molecule has 0 bridgehead atoms. The average Bonchev–Trinajstić information content (AvgIpc) is 3.30. The molecule has 14 atom stereocenters. The molecule has 5 aliphatic heterocycles. The first-order valence-electron chi connectivity index (χ1n) is 19.1. The number of aliphatic hydroxyl groups excluding tert-OH is 1. The molecule has 49 heavy (non-hydrogen) atoms. The monoisotopic (exact) mass is 686 g/mol. The van der Waals surface area contributed by atoms with Crippen molar-refractivity contribution in [3.63, 3.8) is 0 Å². The minimum atomic E-state index is -0.919. The molecule has 278 valence electrons. The van der Waals surface area contributed by atoms with E-state index < -0.39 is 29.0 Å². The van der Waals surface area contributed by atoms with Crippen molar-refractivity contribution in [1.29, 1.82) is 0 Å². The molecule has 5 rings (SSSR count). The zero-order valence-corrected chi connectivity index (χ0v) is 31.6. The summed E-state index contributed by atoms with van der Waals surface area (Å²) >= 11 is 0. The molecule has 0 spiro atoms. The predicted molar refractivity (Wildman–Crippen MR) is 192 cm³/mol. The Balaban J connectivity index is 1.25. The number of hydrogen-bond donors (Lipinski definition) is 2. The van der Waals surface area contributed by atoms with Gasteiger partial charge in [-0.3, -0.25) is 0 Å². The molecular formula is C41H66O8. The summed E-state index contributed by atoms with van der Waals surface area (Å²) in [6, 6.07) is 0. The van der Waals surface area contributed by atoms with Gasteiger partial charge in [0.15, 0.2) is 0 Å². The van der Waals surface area contributed by atoms with Gasteiger partial charge in [-0.05, 0) is 111 Å². The van der Waals surface area contributed by atoms with E-state index in [9.17, 15) is 10.2 Å². The summed E-state index contributed by atoms with van der Waals surface area (Å²) in [4.78, 5) is 0. The molecule has 14 unspecified atom stereocenters. The van der Waals surface area contributed by atoms with E-state index in [2.05, 4.69) is 59.4 Å². The first kappa shape index (κ1) is 38.9. The van der Waals surface area contributed by atoms with E-state index in [4.69, 9.17) is 28.4 Å². The van der Waals surface area contributed by atoms with Crippen LogP contribution in [0.5, 0.6) is 0 Å². The minimum absolute atomic E-state index is 0.0856. The predicted octanol–water partition coefficient (Wildman–Crippen LogP) is 7.31. The molecule has 0 aromatic heterocycles. The van der Waals surface area contributed by atoms with Crippen LogP contribution in [-0.4, -0.2) is 95.2 Å². The third-order valence-corrected chi connectivity index (χ3v) is 12.4. The Morgan fingerprint density at radius 2 is 1.61 bits per heavy atom. The molecule has 5 aliphatic rings. The Bertz CT molecular complexity index is 1210. The zero-order chi connectivity index (χ0) is 35.6. The van der Waals surface area contributed by atoms with Gasteiger partial charge in [0.1, 0.15) is 6.10 Å². The van der Waals surface area contributed by atoms with E-state index in [1.165, 1.54) is 11.1 Å². The van der Waals surface area contributed by atoms with E-state index >= 15 is 0 Å². The van der Waals surface area contributed by atoms with E-state index in [-0.39, 0.29) is 48.8 Å². The number of ether oxygens (including phenoxy) is 6. The number of rotatable bonds is 10. The smallest absolute Gasteiger partial charge is 0.111 e. The lowest BCUT2D eigenvalue weighted by Crippen LogP contribution is -2.59. The highest BCUT2D eigenvalue weighted by molar-refractivity contribution is 5.27. The van der Waals surface area contributed by atoms with Crippen LogP contribution in [0.1, 0.15) is 119 Å². The van der Waals surface area contributed by atoms with Crippen molar-refractivity contribution in [3.05, 3.63) is 48.1 Å². The Hall–Kier alpha value is -1.36. The van der Waals surface area contributed by atoms with Crippen LogP contribution in [0.2, 0.25) is 0 Å². The van der Waals surface area contributed by atoms with Crippen LogP contribution < -0.4 is 0 Å². The molecule has 8 nitrogen and oxygen atoms in total. The molecular weight excluding hydrogens is 620 g/mol. The maximum absolute atomic E-state index is 11.8. The van der Waals surface area contributed by atoms with Crippen LogP contribution in [-0.2, 0) is 28.4 Å². The summed E-state index contributed by atoms with van der Waals surface area (Å²) in [5.74, 6) is 0.325. The molecule has 5 saturated heterocycles. The average molecular weight is 687 g/mol. The summed E-state index contributed by atoms with van der Waals surface area (Å²) in [5.41, 5.74) is 0.406. The quantitative estimate of drug-likeness (QED) is 0.231. The Morgan fingerprint density at radius 3 is 2.35 bits per heavy atom. The number of methoxy groups -OCH3 is 1. The second-order valence-electron chi connectivity index (χ2n) is 16.5. The summed E-state index contributed by atoms with van der Waals surface area (Å²) in [5, 5.41) is 23.1. The lowest BCUT2D eigenvalue weighted by Gasteiger charge is -2.49. The first-order valence-corrected chi connectivity index (χ1v) is 19.1. The second kappa shape index (κ2) is 16.1. The van der Waals surface area contributed by atoms with Crippen molar-refractivity contribution in [2.24, 2.45) is 5.92 Å². The highest BCUT2D eigenvalue weighted by Gasteiger charge is 2.58. The minimum Gasteiger partial charge on any atom is -0.390 e. The first-order chi connectivity index (χ1) is 23.2. The van der Waals surface area contributed by atoms with Crippen molar-refractivity contribution in [3.8, 4) is 0 Å². The van der Waals surface area contributed by atoms with Crippen molar-refractivity contribution >= 4 is 0 Å². The van der Waals surface area contributed by atoms with Gasteiger partial charge in [0.25, 0.3) is 0 Å². The molecule has 0 aromatic rings. The molecule has 0 aliphatic carbocycles. The zero-order valence-electron chi connectivity index (χ0n) is 31.6. The van der Waals surface area contributed by atoms with Gasteiger partial charge in [0.05, 0.1) is 71.7 Å². The molecule has 5 fully saturated rings. The molecule has 0 amide bonds. The van der Waals surface area contributed by atoms with Crippen molar-refractivity contribution in [2.45, 2.75) is 197 Å². The highest BCUT2D eigenvalue weighted by Crippen LogP contribution is 2.49. The standard InChI is InChI=1S/C41H66O8/c1-10-11-12-13-17-35-39(6,43)20-18-32-33(45-35)19-21-40(7)37(46-32)24-34-38(49-40)30(42)25-41(8)36(47-34)23-28(4)31(48-41)16-14-15-26(2)27(3)22-29(5)44-9/h10-12,15,22,28-38,42-43H,1,13-14,16-21,23-25H2,2-9H3/b12-11-,26-15+,27-22+. The van der Waals surface area contributed by atoms with Gasteiger partial charge in [0.2, 0.25) is 0 Å². The van der Waals surface area contributed by atoms with Gasteiger partial charge in [-0.1, -0.05) is 49.5 Å². The topological polar surface area (TPSA) is 95.8 Å². The van der Waals surface area contributed by atoms with Crippen LogP contribution in [0.3, 0.4) is 0 Å². The Labute approximate surface area is 296 Å². The van der Waals surface area contributed by atoms with Gasteiger partial charge in [0, 0.05) is 20.0 Å². The van der Waals surface area contributed by atoms with E-state index in [0.29, 0.717) is 25.2 Å². The summed E-state index contributed by atoms with van der Waals surface area (Å²) in [6.45, 7) is 18.5. The van der Waals surface area contributed by atoms with Crippen molar-refractivity contribution in [1.82, 2.24) is 0 Å². The maximum atomic E-state index is 11.8. The SMILES string of the molecule is C=C/C=C\CCC1OC2CCC3(C)OC4C(O)CC5(C)OC(CC/C=C(C)/C(C)=C/C(C)OC)C(C)CC5OC4CC3OC2CCC1(C)O. The molecule has 0 saturated carbocycles. The summed E-state index contributed by atoms with van der Waals surface area (Å²) in [7, 11) is 1.73. The number of aliphatic hydroxyl groups is 2. The van der Waals surface area contributed by atoms with Crippen LogP contribution >= 0.6 is 0 Å². The molecule has 5 heterocycles. The third-order valence-electron chi connectivity index (χ3n) is 12.4. The van der Waals surface area contributed by atoms with E-state index in [1.807, 2.05) is 19.9 Å². The van der Waals surface area contributed by atoms with Crippen LogP contribution in [0.15, 0.2) is 48.1 Å². The molecule has 0 radical (unpaired) electrons. The highest BCUT2D eigenvalue weighted by atomic mass is 16.6. The van der Waals surface area contributed by atoms with Crippen LogP contribution in [0.4, 0.5) is 0 Å². The van der Waals surface area contributed by atoms with Gasteiger partial charge < -0.3 is 38.6 Å². The van der Waals surface area contributed by atoms with E-state index in [1.54, 1.807) is 13.2 Å². The number of hydrogen-bond acceptors (Lipinski definition) is 8. The van der Waals surface area contributed by atoms with Crippen molar-refractivity contribution < 1.29 is 38.6 Å². The molecule has 2 N–H and O–H groups in total. The Morgan fingerprint density at radius 1 is 0.918 bits per heavy atom. The number of allylic oxidation sites excluding steroid dienone is 6. The summed E-state index contributed by atoms with van der Waals surface area (Å²) < 4.78 is 39.8. The Kier molecular flexibility index (Phi) is 12.8. The van der Waals surface area contributed by atoms with Gasteiger partial charge >= 0.3 is 0 Å². The second-order valence-corrected chi connectivity index (χ2v) is 16.5. The fourth-order valence-electron chi connectivity index (χ4n) is 8.95. The normalized spacial score (nSPS) is 45.6. The van der Waals surface area contributed by atoms with Gasteiger partial charge in [-0.2, -0.15) is 0 Å². The fourth-order valence-corrected chi connectivity index (χ4v) is 8.95. The van der Waals surface area contributed by atoms with E-state index in [0.717, 1.165) is 51.4 Å².